The van der Waals surface area contributed by atoms with E-state index in [-0.39, 0.29) is 4.90 Å². The van der Waals surface area contributed by atoms with Crippen molar-refractivity contribution >= 4 is 16.0 Å². The van der Waals surface area contributed by atoms with Crippen molar-refractivity contribution < 1.29 is 35.9 Å². The molecule has 0 aromatic heterocycles. The van der Waals surface area contributed by atoms with E-state index in [2.05, 4.69) is 0 Å². The van der Waals surface area contributed by atoms with E-state index in [1.165, 1.54) is 0 Å². The third kappa shape index (κ3) is 5.60. The van der Waals surface area contributed by atoms with Crippen molar-refractivity contribution in [3.8, 4) is 0 Å². The second-order valence-electron chi connectivity index (χ2n) is 4.48. The summed E-state index contributed by atoms with van der Waals surface area (Å²) in [5.74, 6) is -4.22. The normalized spacial score (nSPS) is 13.8. The maximum Gasteiger partial charge on any atom is 0.393 e. The number of hydrogen-bond acceptors (Lipinski definition) is 3. The number of nitrogens with one attached hydrogen (secondary N) is 1. The lowest BCUT2D eigenvalue weighted by molar-refractivity contribution is -0.175. The highest BCUT2D eigenvalue weighted by molar-refractivity contribution is 7.89. The first-order chi connectivity index (χ1) is 10.0. The average molecular weight is 343 g/mol. The van der Waals surface area contributed by atoms with Crippen LogP contribution in [-0.2, 0) is 14.8 Å². The van der Waals surface area contributed by atoms with E-state index < -0.39 is 53.3 Å². The molecule has 1 rings (SSSR count). The van der Waals surface area contributed by atoms with Crippen LogP contribution in [0.4, 0.5) is 17.6 Å². The minimum absolute atomic E-state index is 0.381. The van der Waals surface area contributed by atoms with Gasteiger partial charge in [0.25, 0.3) is 0 Å². The molecule has 10 heteroatoms. The first-order valence-electron chi connectivity index (χ1n) is 6.06. The Bertz CT molecular complexity index is 613. The summed E-state index contributed by atoms with van der Waals surface area (Å²) in [6.45, 7) is -0.990. The standard InChI is InChI=1S/C12H13F4NO4S/c13-9-2-4-10(5-3-9)22(20,21)17-7-8(12(14,15)16)1-6-11(18)19/h2-5,8,17H,1,6-7H2,(H,18,19). The van der Waals surface area contributed by atoms with Gasteiger partial charge in [-0.3, -0.25) is 4.79 Å². The van der Waals surface area contributed by atoms with Crippen LogP contribution in [0.25, 0.3) is 0 Å². The largest absolute Gasteiger partial charge is 0.481 e. The Kier molecular flexibility index (Phi) is 5.89. The quantitative estimate of drug-likeness (QED) is 0.743. The molecular formula is C12H13F4NO4S. The van der Waals surface area contributed by atoms with Crippen LogP contribution in [0.1, 0.15) is 12.8 Å². The molecule has 0 fully saturated rings. The Morgan fingerprint density at radius 1 is 1.23 bits per heavy atom. The summed E-state index contributed by atoms with van der Waals surface area (Å²) in [4.78, 5) is 9.96. The van der Waals surface area contributed by atoms with Crippen LogP contribution < -0.4 is 4.72 Å². The van der Waals surface area contributed by atoms with Crippen molar-refractivity contribution in [1.29, 1.82) is 0 Å². The zero-order valence-electron chi connectivity index (χ0n) is 11.1. The van der Waals surface area contributed by atoms with E-state index in [1.54, 1.807) is 4.72 Å². The fraction of sp³-hybridized carbons (Fsp3) is 0.417. The summed E-state index contributed by atoms with van der Waals surface area (Å²) < 4.78 is 76.2. The molecule has 0 aliphatic rings. The van der Waals surface area contributed by atoms with Crippen molar-refractivity contribution in [3.63, 3.8) is 0 Å². The van der Waals surface area contributed by atoms with Crippen LogP contribution in [0.3, 0.4) is 0 Å². The molecule has 0 spiro atoms. The van der Waals surface area contributed by atoms with Gasteiger partial charge in [0.1, 0.15) is 5.82 Å². The Labute approximate surface area is 124 Å². The van der Waals surface area contributed by atoms with Crippen LogP contribution in [0.5, 0.6) is 0 Å². The number of halogens is 4. The molecule has 124 valence electrons. The summed E-state index contributed by atoms with van der Waals surface area (Å²) in [6, 6.07) is 3.55. The fourth-order valence-electron chi connectivity index (χ4n) is 1.59. The summed E-state index contributed by atoms with van der Waals surface area (Å²) >= 11 is 0. The summed E-state index contributed by atoms with van der Waals surface area (Å²) in [6.07, 6.45) is -6.21. The summed E-state index contributed by atoms with van der Waals surface area (Å²) in [7, 11) is -4.24. The van der Waals surface area contributed by atoms with Crippen LogP contribution in [-0.4, -0.2) is 32.2 Å². The van der Waals surface area contributed by atoms with Gasteiger partial charge in [0.15, 0.2) is 0 Å². The molecular weight excluding hydrogens is 330 g/mol. The van der Waals surface area contributed by atoms with Gasteiger partial charge in [-0.25, -0.2) is 17.5 Å². The van der Waals surface area contributed by atoms with Gasteiger partial charge in [-0.15, -0.1) is 0 Å². The highest BCUT2D eigenvalue weighted by Crippen LogP contribution is 2.29. The SMILES string of the molecule is O=C(O)CCC(CNS(=O)(=O)c1ccc(F)cc1)C(F)(F)F. The van der Waals surface area contributed by atoms with E-state index >= 15 is 0 Å². The number of aliphatic carboxylic acids is 1. The molecule has 0 saturated heterocycles. The highest BCUT2D eigenvalue weighted by atomic mass is 32.2. The minimum atomic E-state index is -4.74. The summed E-state index contributed by atoms with van der Waals surface area (Å²) in [5, 5.41) is 8.42. The first kappa shape index (κ1) is 18.4. The zero-order valence-corrected chi connectivity index (χ0v) is 11.9. The Balaban J connectivity index is 2.78. The van der Waals surface area contributed by atoms with E-state index in [9.17, 15) is 30.8 Å². The first-order valence-corrected chi connectivity index (χ1v) is 7.54. The summed E-state index contributed by atoms with van der Waals surface area (Å²) in [5.41, 5.74) is 0. The Hall–Kier alpha value is -1.68. The zero-order chi connectivity index (χ0) is 17.0. The van der Waals surface area contributed by atoms with Gasteiger partial charge in [0, 0.05) is 13.0 Å². The molecule has 1 unspecified atom stereocenters. The van der Waals surface area contributed by atoms with Crippen LogP contribution in [0.15, 0.2) is 29.2 Å². The molecule has 22 heavy (non-hydrogen) atoms. The van der Waals surface area contributed by atoms with Crippen molar-refractivity contribution in [2.45, 2.75) is 23.9 Å². The molecule has 2 N–H and O–H groups in total. The average Bonchev–Trinajstić information content (AvgIpc) is 2.37. The number of alkyl halides is 3. The monoisotopic (exact) mass is 343 g/mol. The molecule has 0 aliphatic carbocycles. The third-order valence-electron chi connectivity index (χ3n) is 2.81. The predicted octanol–water partition coefficient (Wildman–Crippen LogP) is 2.15. The number of sulfonamides is 1. The van der Waals surface area contributed by atoms with Crippen LogP contribution in [0, 0.1) is 11.7 Å². The van der Waals surface area contributed by atoms with E-state index in [0.29, 0.717) is 0 Å². The highest BCUT2D eigenvalue weighted by Gasteiger charge is 2.40. The van der Waals surface area contributed by atoms with Crippen molar-refractivity contribution in [2.24, 2.45) is 5.92 Å². The lowest BCUT2D eigenvalue weighted by atomic mass is 10.0. The van der Waals surface area contributed by atoms with Crippen LogP contribution >= 0.6 is 0 Å². The van der Waals surface area contributed by atoms with Gasteiger partial charge >= 0.3 is 12.1 Å². The van der Waals surface area contributed by atoms with Gasteiger partial charge in [0.05, 0.1) is 10.8 Å². The Morgan fingerprint density at radius 3 is 2.23 bits per heavy atom. The Morgan fingerprint density at radius 2 is 1.77 bits per heavy atom. The van der Waals surface area contributed by atoms with Crippen molar-refractivity contribution in [1.82, 2.24) is 4.72 Å². The second-order valence-corrected chi connectivity index (χ2v) is 6.24. The molecule has 0 aliphatic heterocycles. The minimum Gasteiger partial charge on any atom is -0.481 e. The number of hydrogen-bond donors (Lipinski definition) is 2. The number of carbonyl (C=O) groups is 1. The van der Waals surface area contributed by atoms with Gasteiger partial charge in [-0.1, -0.05) is 0 Å². The topological polar surface area (TPSA) is 83.5 Å². The molecule has 1 aromatic rings. The number of rotatable bonds is 7. The van der Waals surface area contributed by atoms with Gasteiger partial charge in [-0.05, 0) is 30.7 Å². The number of carboxylic acids is 1. The molecule has 0 radical (unpaired) electrons. The van der Waals surface area contributed by atoms with Gasteiger partial charge < -0.3 is 5.11 Å². The predicted molar refractivity (Wildman–Crippen MR) is 68.0 cm³/mol. The van der Waals surface area contributed by atoms with E-state index in [1.807, 2.05) is 0 Å². The molecule has 0 saturated carbocycles. The molecule has 0 heterocycles. The van der Waals surface area contributed by atoms with Crippen molar-refractivity contribution in [2.75, 3.05) is 6.54 Å². The lowest BCUT2D eigenvalue weighted by Gasteiger charge is -2.20. The molecule has 0 amide bonds. The van der Waals surface area contributed by atoms with Gasteiger partial charge in [0.2, 0.25) is 10.0 Å². The molecule has 1 atom stereocenters. The fourth-order valence-corrected chi connectivity index (χ4v) is 2.67. The third-order valence-corrected chi connectivity index (χ3v) is 4.25. The molecule has 1 aromatic carbocycles. The van der Waals surface area contributed by atoms with Gasteiger partial charge in [-0.2, -0.15) is 13.2 Å². The number of carboxylic acid groups (broad SMARTS) is 1. The maximum atomic E-state index is 12.7. The smallest absolute Gasteiger partial charge is 0.393 e. The van der Waals surface area contributed by atoms with E-state index in [4.69, 9.17) is 5.11 Å². The van der Waals surface area contributed by atoms with Crippen molar-refractivity contribution in [3.05, 3.63) is 30.1 Å². The maximum absolute atomic E-state index is 12.7. The molecule has 5 nitrogen and oxygen atoms in total. The molecule has 0 bridgehead atoms. The number of benzene rings is 1. The lowest BCUT2D eigenvalue weighted by Crippen LogP contribution is -2.36. The second kappa shape index (κ2) is 7.05. The van der Waals surface area contributed by atoms with E-state index in [0.717, 1.165) is 24.3 Å². The van der Waals surface area contributed by atoms with Crippen LogP contribution in [0.2, 0.25) is 0 Å².